The number of hydrogen-bond acceptors (Lipinski definition) is 5. The SMILES string of the molecule is C=CCN(C)C(=O)[C@@H]1[C@H]2C(=O)N([C@@H](CO)CC(C)C)C(C(=O)N(CC=C)Cc3ccccc3)C23CC[C@H]1S3. The molecular formula is C30H41N3O4S. The van der Waals surface area contributed by atoms with Gasteiger partial charge in [0.2, 0.25) is 17.7 Å². The van der Waals surface area contributed by atoms with Crippen molar-refractivity contribution in [2.45, 2.75) is 61.7 Å². The fourth-order valence-corrected chi connectivity index (χ4v) is 8.96. The van der Waals surface area contributed by atoms with Crippen molar-refractivity contribution in [3.05, 3.63) is 61.2 Å². The third-order valence-electron chi connectivity index (χ3n) is 8.26. The number of benzene rings is 1. The van der Waals surface area contributed by atoms with Crippen LogP contribution in [-0.2, 0) is 20.9 Å². The van der Waals surface area contributed by atoms with Crippen LogP contribution in [0.1, 0.15) is 38.7 Å². The van der Waals surface area contributed by atoms with Crippen LogP contribution >= 0.6 is 11.8 Å². The number of hydrogen-bond donors (Lipinski definition) is 1. The lowest BCUT2D eigenvalue weighted by Gasteiger charge is -2.40. The first kappa shape index (κ1) is 28.4. The highest BCUT2D eigenvalue weighted by Gasteiger charge is 2.74. The normalized spacial score (nSPS) is 28.3. The summed E-state index contributed by atoms with van der Waals surface area (Å²) < 4.78 is -0.686. The zero-order chi connectivity index (χ0) is 27.6. The van der Waals surface area contributed by atoms with Crippen LogP contribution in [-0.4, -0.2) is 86.4 Å². The number of rotatable bonds is 12. The number of likely N-dealkylation sites (tertiary alicyclic amines) is 1. The van der Waals surface area contributed by atoms with E-state index in [0.717, 1.165) is 12.0 Å². The molecule has 2 unspecified atom stereocenters. The maximum Gasteiger partial charge on any atom is 0.247 e. The molecule has 3 aliphatic heterocycles. The van der Waals surface area contributed by atoms with E-state index in [1.54, 1.807) is 45.7 Å². The summed E-state index contributed by atoms with van der Waals surface area (Å²) in [4.78, 5) is 47.5. The van der Waals surface area contributed by atoms with Gasteiger partial charge in [0.1, 0.15) is 6.04 Å². The van der Waals surface area contributed by atoms with Crippen LogP contribution < -0.4 is 0 Å². The molecule has 3 saturated heterocycles. The summed E-state index contributed by atoms with van der Waals surface area (Å²) in [7, 11) is 1.74. The Bertz CT molecular complexity index is 1060. The maximum absolute atomic E-state index is 14.5. The van der Waals surface area contributed by atoms with Gasteiger partial charge in [-0.3, -0.25) is 14.4 Å². The molecule has 3 amide bonds. The lowest BCUT2D eigenvalue weighted by atomic mass is 9.70. The molecule has 8 heteroatoms. The first-order valence-corrected chi connectivity index (χ1v) is 14.5. The number of nitrogens with zero attached hydrogens (tertiary/aromatic N) is 3. The Balaban J connectivity index is 1.77. The third kappa shape index (κ3) is 4.93. The van der Waals surface area contributed by atoms with Gasteiger partial charge in [0.15, 0.2) is 0 Å². The second kappa shape index (κ2) is 11.7. The first-order valence-electron chi connectivity index (χ1n) is 13.6. The fourth-order valence-electron chi connectivity index (χ4n) is 6.77. The van der Waals surface area contributed by atoms with Crippen molar-refractivity contribution in [1.29, 1.82) is 0 Å². The summed E-state index contributed by atoms with van der Waals surface area (Å²) in [5, 5.41) is 10.5. The highest BCUT2D eigenvalue weighted by Crippen LogP contribution is 2.67. The molecule has 2 bridgehead atoms. The smallest absolute Gasteiger partial charge is 0.247 e. The highest BCUT2D eigenvalue weighted by molar-refractivity contribution is 8.02. The van der Waals surface area contributed by atoms with Gasteiger partial charge >= 0.3 is 0 Å². The second-order valence-corrected chi connectivity index (χ2v) is 12.9. The number of thioether (sulfide) groups is 1. The van der Waals surface area contributed by atoms with Gasteiger partial charge in [0.05, 0.1) is 29.2 Å². The van der Waals surface area contributed by atoms with Crippen LogP contribution in [0, 0.1) is 17.8 Å². The van der Waals surface area contributed by atoms with Crippen molar-refractivity contribution in [2.24, 2.45) is 17.8 Å². The Morgan fingerprint density at radius 2 is 1.87 bits per heavy atom. The molecule has 3 fully saturated rings. The zero-order valence-corrected chi connectivity index (χ0v) is 23.6. The van der Waals surface area contributed by atoms with Gasteiger partial charge in [-0.1, -0.05) is 56.3 Å². The van der Waals surface area contributed by atoms with Crippen molar-refractivity contribution in [1.82, 2.24) is 14.7 Å². The van der Waals surface area contributed by atoms with E-state index in [2.05, 4.69) is 27.0 Å². The summed E-state index contributed by atoms with van der Waals surface area (Å²) in [6, 6.07) is 8.57. The Kier molecular flexibility index (Phi) is 8.72. The lowest BCUT2D eigenvalue weighted by molar-refractivity contribution is -0.147. The molecular weight excluding hydrogens is 498 g/mol. The lowest BCUT2D eigenvalue weighted by Crippen LogP contribution is -2.57. The Morgan fingerprint density at radius 1 is 1.18 bits per heavy atom. The average Bonchev–Trinajstić information content (AvgIpc) is 3.54. The zero-order valence-electron chi connectivity index (χ0n) is 22.8. The second-order valence-electron chi connectivity index (χ2n) is 11.3. The van der Waals surface area contributed by atoms with Crippen LogP contribution in [0.15, 0.2) is 55.6 Å². The third-order valence-corrected chi connectivity index (χ3v) is 10.2. The predicted molar refractivity (Wildman–Crippen MR) is 151 cm³/mol. The summed E-state index contributed by atoms with van der Waals surface area (Å²) in [6.45, 7) is 12.7. The van der Waals surface area contributed by atoms with Gasteiger partial charge in [-0.25, -0.2) is 0 Å². The standard InChI is InChI=1S/C30H41N3O4S/c1-6-15-31(5)27(35)24-23-13-14-30(38-23)25(24)28(36)33(22(19-34)17-20(3)4)26(30)29(37)32(16-7-2)18-21-11-9-8-10-12-21/h6-12,20,22-26,34H,1-2,13-19H2,3-5H3/t22-,23-,24+,25+,26?,30?/m1/s1. The molecule has 3 heterocycles. The number of carbonyl (C=O) groups excluding carboxylic acids is 3. The van der Waals surface area contributed by atoms with E-state index >= 15 is 0 Å². The molecule has 0 radical (unpaired) electrons. The number of fused-ring (bicyclic) bond motifs is 1. The Morgan fingerprint density at radius 3 is 2.47 bits per heavy atom. The van der Waals surface area contributed by atoms with Crippen LogP contribution in [0.2, 0.25) is 0 Å². The number of aliphatic hydroxyl groups excluding tert-OH is 1. The van der Waals surface area contributed by atoms with Gasteiger partial charge in [0.25, 0.3) is 0 Å². The van der Waals surface area contributed by atoms with Crippen LogP contribution in [0.4, 0.5) is 0 Å². The van der Waals surface area contributed by atoms with Crippen LogP contribution in [0.25, 0.3) is 0 Å². The molecule has 4 rings (SSSR count). The summed E-state index contributed by atoms with van der Waals surface area (Å²) in [5.74, 6) is -1.20. The number of carbonyl (C=O) groups is 3. The molecule has 1 spiro atoms. The van der Waals surface area contributed by atoms with E-state index in [1.807, 2.05) is 30.3 Å². The summed E-state index contributed by atoms with van der Waals surface area (Å²) in [5.41, 5.74) is 0.996. The molecule has 0 aliphatic carbocycles. The molecule has 7 nitrogen and oxygen atoms in total. The van der Waals surface area contributed by atoms with Gasteiger partial charge in [0, 0.05) is 31.9 Å². The fraction of sp³-hybridized carbons (Fsp3) is 0.567. The number of aliphatic hydroxyl groups is 1. The number of amides is 3. The van der Waals surface area contributed by atoms with Crippen LogP contribution in [0.5, 0.6) is 0 Å². The van der Waals surface area contributed by atoms with E-state index in [-0.39, 0.29) is 35.5 Å². The van der Waals surface area contributed by atoms with E-state index in [1.165, 1.54) is 0 Å². The molecule has 1 aromatic rings. The molecule has 0 aromatic heterocycles. The molecule has 0 saturated carbocycles. The largest absolute Gasteiger partial charge is 0.394 e. The van der Waals surface area contributed by atoms with Crippen molar-refractivity contribution >= 4 is 29.5 Å². The van der Waals surface area contributed by atoms with E-state index in [4.69, 9.17) is 0 Å². The average molecular weight is 540 g/mol. The van der Waals surface area contributed by atoms with E-state index < -0.39 is 28.7 Å². The Labute approximate surface area is 230 Å². The monoisotopic (exact) mass is 539 g/mol. The summed E-state index contributed by atoms with van der Waals surface area (Å²) >= 11 is 1.66. The molecule has 206 valence electrons. The first-order chi connectivity index (χ1) is 18.2. The van der Waals surface area contributed by atoms with E-state index in [9.17, 15) is 19.5 Å². The summed E-state index contributed by atoms with van der Waals surface area (Å²) in [6.07, 6.45) is 5.47. The topological polar surface area (TPSA) is 81.2 Å². The Hall–Kier alpha value is -2.58. The molecule has 38 heavy (non-hydrogen) atoms. The number of likely N-dealkylation sites (N-methyl/N-ethyl adjacent to an activating group) is 1. The minimum absolute atomic E-state index is 0.000758. The molecule has 1 N–H and O–H groups in total. The van der Waals surface area contributed by atoms with Crippen molar-refractivity contribution in [3.63, 3.8) is 0 Å². The van der Waals surface area contributed by atoms with Crippen LogP contribution in [0.3, 0.4) is 0 Å². The molecule has 6 atom stereocenters. The predicted octanol–water partition coefficient (Wildman–Crippen LogP) is 3.34. The van der Waals surface area contributed by atoms with Crippen molar-refractivity contribution in [2.75, 3.05) is 26.7 Å². The molecule has 3 aliphatic rings. The maximum atomic E-state index is 14.5. The molecule has 1 aromatic carbocycles. The van der Waals surface area contributed by atoms with Gasteiger partial charge < -0.3 is 19.8 Å². The highest BCUT2D eigenvalue weighted by atomic mass is 32.2. The minimum atomic E-state index is -0.739. The minimum Gasteiger partial charge on any atom is -0.394 e. The van der Waals surface area contributed by atoms with E-state index in [0.29, 0.717) is 32.5 Å². The van der Waals surface area contributed by atoms with Crippen molar-refractivity contribution < 1.29 is 19.5 Å². The van der Waals surface area contributed by atoms with Gasteiger partial charge in [-0.2, -0.15) is 0 Å². The quantitative estimate of drug-likeness (QED) is 0.412. The van der Waals surface area contributed by atoms with Gasteiger partial charge in [-0.15, -0.1) is 24.9 Å². The van der Waals surface area contributed by atoms with Crippen molar-refractivity contribution in [3.8, 4) is 0 Å². The van der Waals surface area contributed by atoms with Gasteiger partial charge in [-0.05, 0) is 30.7 Å².